The molecule has 0 amide bonds. The van der Waals surface area contributed by atoms with Crippen LogP contribution in [0.3, 0.4) is 0 Å². The monoisotopic (exact) mass is 220 g/mol. The standard InChI is InChI=1S/C11H16N4O/c1-14-7-9(13-8-14)10(16)3-4-11-12-5-6-15(11)2/h5-8,10,16H,3-4H2,1-2H3. The van der Waals surface area contributed by atoms with Gasteiger partial charge in [-0.3, -0.25) is 0 Å². The van der Waals surface area contributed by atoms with Crippen molar-refractivity contribution in [3.05, 3.63) is 36.4 Å². The summed E-state index contributed by atoms with van der Waals surface area (Å²) in [6.07, 6.45) is 8.08. The largest absolute Gasteiger partial charge is 0.387 e. The first-order valence-corrected chi connectivity index (χ1v) is 5.29. The van der Waals surface area contributed by atoms with Crippen LogP contribution in [0, 0.1) is 0 Å². The Kier molecular flexibility index (Phi) is 3.05. The molecule has 0 bridgehead atoms. The van der Waals surface area contributed by atoms with E-state index in [2.05, 4.69) is 9.97 Å². The van der Waals surface area contributed by atoms with Crippen molar-refractivity contribution < 1.29 is 5.11 Å². The Labute approximate surface area is 94.4 Å². The van der Waals surface area contributed by atoms with E-state index in [1.165, 1.54) is 0 Å². The zero-order valence-electron chi connectivity index (χ0n) is 9.54. The molecule has 1 unspecified atom stereocenters. The Morgan fingerprint density at radius 1 is 1.38 bits per heavy atom. The maximum atomic E-state index is 9.91. The van der Waals surface area contributed by atoms with Crippen LogP contribution in [-0.4, -0.2) is 24.2 Å². The molecule has 86 valence electrons. The minimum absolute atomic E-state index is 0.516. The number of nitrogens with zero attached hydrogens (tertiary/aromatic N) is 4. The van der Waals surface area contributed by atoms with Gasteiger partial charge in [-0.2, -0.15) is 0 Å². The third-order valence-corrected chi connectivity index (χ3v) is 2.63. The van der Waals surface area contributed by atoms with Gasteiger partial charge < -0.3 is 14.2 Å². The van der Waals surface area contributed by atoms with Crippen LogP contribution < -0.4 is 0 Å². The highest BCUT2D eigenvalue weighted by atomic mass is 16.3. The quantitative estimate of drug-likeness (QED) is 0.830. The van der Waals surface area contributed by atoms with Gasteiger partial charge in [0.25, 0.3) is 0 Å². The van der Waals surface area contributed by atoms with Crippen LogP contribution in [0.4, 0.5) is 0 Å². The highest BCUT2D eigenvalue weighted by Gasteiger charge is 2.11. The molecule has 1 atom stereocenters. The lowest BCUT2D eigenvalue weighted by molar-refractivity contribution is 0.162. The predicted molar refractivity (Wildman–Crippen MR) is 59.7 cm³/mol. The molecule has 0 aliphatic rings. The number of aromatic nitrogens is 4. The van der Waals surface area contributed by atoms with E-state index in [9.17, 15) is 5.11 Å². The number of rotatable bonds is 4. The number of aliphatic hydroxyl groups excluding tert-OH is 1. The van der Waals surface area contributed by atoms with Gasteiger partial charge in [0, 0.05) is 39.1 Å². The Balaban J connectivity index is 1.93. The third kappa shape index (κ3) is 2.30. The smallest absolute Gasteiger partial charge is 0.108 e. The fourth-order valence-corrected chi connectivity index (χ4v) is 1.66. The third-order valence-electron chi connectivity index (χ3n) is 2.63. The molecule has 2 aromatic rings. The minimum Gasteiger partial charge on any atom is -0.387 e. The van der Waals surface area contributed by atoms with Crippen LogP contribution in [0.5, 0.6) is 0 Å². The summed E-state index contributed by atoms with van der Waals surface area (Å²) in [4.78, 5) is 8.34. The average molecular weight is 220 g/mol. The topological polar surface area (TPSA) is 55.9 Å². The number of aryl methyl sites for hydroxylation is 3. The van der Waals surface area contributed by atoms with Gasteiger partial charge in [0.2, 0.25) is 0 Å². The molecule has 1 N–H and O–H groups in total. The summed E-state index contributed by atoms with van der Waals surface area (Å²) in [7, 11) is 3.84. The molecule has 0 aliphatic heterocycles. The average Bonchev–Trinajstić information content (AvgIpc) is 2.84. The van der Waals surface area contributed by atoms with Gasteiger partial charge in [-0.15, -0.1) is 0 Å². The second-order valence-corrected chi connectivity index (χ2v) is 3.97. The van der Waals surface area contributed by atoms with Gasteiger partial charge in [0.1, 0.15) is 5.82 Å². The van der Waals surface area contributed by atoms with E-state index in [-0.39, 0.29) is 0 Å². The molecule has 0 aliphatic carbocycles. The summed E-state index contributed by atoms with van der Waals surface area (Å²) < 4.78 is 3.80. The molecule has 0 fully saturated rings. The number of hydrogen-bond donors (Lipinski definition) is 1. The van der Waals surface area contributed by atoms with E-state index in [0.29, 0.717) is 6.42 Å². The van der Waals surface area contributed by atoms with Crippen molar-refractivity contribution in [2.45, 2.75) is 18.9 Å². The predicted octanol–water partition coefficient (Wildman–Crippen LogP) is 0.820. The minimum atomic E-state index is -0.516. The van der Waals surface area contributed by atoms with E-state index in [0.717, 1.165) is 17.9 Å². The normalized spacial score (nSPS) is 12.9. The summed E-state index contributed by atoms with van der Waals surface area (Å²) in [5.74, 6) is 0.981. The SMILES string of the molecule is Cn1cnc(C(O)CCc2nccn2C)c1. The van der Waals surface area contributed by atoms with Gasteiger partial charge in [-0.05, 0) is 6.42 Å². The zero-order chi connectivity index (χ0) is 11.5. The summed E-state index contributed by atoms with van der Waals surface area (Å²) in [5, 5.41) is 9.91. The lowest BCUT2D eigenvalue weighted by Gasteiger charge is -2.07. The lowest BCUT2D eigenvalue weighted by Crippen LogP contribution is -2.03. The molecular weight excluding hydrogens is 204 g/mol. The molecule has 0 saturated heterocycles. The van der Waals surface area contributed by atoms with Gasteiger partial charge in [0.05, 0.1) is 18.1 Å². The van der Waals surface area contributed by atoms with Crippen molar-refractivity contribution in [2.24, 2.45) is 14.1 Å². The van der Waals surface area contributed by atoms with Crippen LogP contribution >= 0.6 is 0 Å². The second-order valence-electron chi connectivity index (χ2n) is 3.97. The van der Waals surface area contributed by atoms with Crippen molar-refractivity contribution in [1.29, 1.82) is 0 Å². The first kappa shape index (κ1) is 10.9. The van der Waals surface area contributed by atoms with Gasteiger partial charge in [0.15, 0.2) is 0 Å². The molecule has 0 spiro atoms. The maximum Gasteiger partial charge on any atom is 0.108 e. The van der Waals surface area contributed by atoms with Gasteiger partial charge in [-0.1, -0.05) is 0 Å². The summed E-state index contributed by atoms with van der Waals surface area (Å²) >= 11 is 0. The van der Waals surface area contributed by atoms with Crippen molar-refractivity contribution in [3.63, 3.8) is 0 Å². The fourth-order valence-electron chi connectivity index (χ4n) is 1.66. The zero-order valence-corrected chi connectivity index (χ0v) is 9.54. The van der Waals surface area contributed by atoms with E-state index in [1.807, 2.05) is 35.6 Å². The maximum absolute atomic E-state index is 9.91. The highest BCUT2D eigenvalue weighted by Crippen LogP contribution is 2.16. The van der Waals surface area contributed by atoms with E-state index in [1.54, 1.807) is 12.5 Å². The number of hydrogen-bond acceptors (Lipinski definition) is 3. The van der Waals surface area contributed by atoms with E-state index >= 15 is 0 Å². The van der Waals surface area contributed by atoms with Crippen LogP contribution in [-0.2, 0) is 20.5 Å². The van der Waals surface area contributed by atoms with Crippen LogP contribution in [0.1, 0.15) is 24.0 Å². The van der Waals surface area contributed by atoms with Crippen molar-refractivity contribution in [3.8, 4) is 0 Å². The Morgan fingerprint density at radius 3 is 2.75 bits per heavy atom. The van der Waals surface area contributed by atoms with Gasteiger partial charge in [-0.25, -0.2) is 9.97 Å². The molecule has 2 heterocycles. The molecule has 5 heteroatoms. The Hall–Kier alpha value is -1.62. The Morgan fingerprint density at radius 2 is 2.19 bits per heavy atom. The first-order valence-electron chi connectivity index (χ1n) is 5.29. The molecule has 5 nitrogen and oxygen atoms in total. The summed E-state index contributed by atoms with van der Waals surface area (Å²) in [6, 6.07) is 0. The van der Waals surface area contributed by atoms with Crippen molar-refractivity contribution >= 4 is 0 Å². The molecule has 0 aromatic carbocycles. The van der Waals surface area contributed by atoms with E-state index in [4.69, 9.17) is 0 Å². The Bertz CT molecular complexity index is 460. The molecular formula is C11H16N4O. The number of imidazole rings is 2. The summed E-state index contributed by atoms with van der Waals surface area (Å²) in [5.41, 5.74) is 0.719. The van der Waals surface area contributed by atoms with E-state index < -0.39 is 6.10 Å². The van der Waals surface area contributed by atoms with Crippen LogP contribution in [0.2, 0.25) is 0 Å². The number of aliphatic hydroxyl groups is 1. The van der Waals surface area contributed by atoms with Crippen LogP contribution in [0.25, 0.3) is 0 Å². The van der Waals surface area contributed by atoms with Crippen LogP contribution in [0.15, 0.2) is 24.9 Å². The molecule has 16 heavy (non-hydrogen) atoms. The lowest BCUT2D eigenvalue weighted by atomic mass is 10.1. The highest BCUT2D eigenvalue weighted by molar-refractivity contribution is 5.01. The molecule has 2 rings (SSSR count). The molecule has 2 aromatic heterocycles. The van der Waals surface area contributed by atoms with Crippen molar-refractivity contribution in [2.75, 3.05) is 0 Å². The second kappa shape index (κ2) is 4.49. The molecule has 0 radical (unpaired) electrons. The van der Waals surface area contributed by atoms with Gasteiger partial charge >= 0.3 is 0 Å². The first-order chi connectivity index (χ1) is 7.66. The van der Waals surface area contributed by atoms with Crippen molar-refractivity contribution in [1.82, 2.24) is 19.1 Å². The fraction of sp³-hybridized carbons (Fsp3) is 0.455. The summed E-state index contributed by atoms with van der Waals surface area (Å²) in [6.45, 7) is 0. The molecule has 0 saturated carbocycles.